The lowest BCUT2D eigenvalue weighted by Gasteiger charge is -2.16. The van der Waals surface area contributed by atoms with Crippen molar-refractivity contribution < 1.29 is 18.0 Å². The van der Waals surface area contributed by atoms with Gasteiger partial charge in [0.1, 0.15) is 0 Å². The second kappa shape index (κ2) is 6.99. The van der Waals surface area contributed by atoms with E-state index in [1.54, 1.807) is 6.07 Å². The Kier molecular flexibility index (Phi) is 5.25. The number of benzene rings is 1. The minimum Gasteiger partial charge on any atom is -0.342 e. The Labute approximate surface area is 136 Å². The number of hydrogen-bond acceptors (Lipinski definition) is 4. The van der Waals surface area contributed by atoms with Crippen LogP contribution in [0.5, 0.6) is 0 Å². The Morgan fingerprint density at radius 2 is 2.04 bits per heavy atom. The highest BCUT2D eigenvalue weighted by Crippen LogP contribution is 2.32. The Balaban J connectivity index is 2.01. The molecule has 0 aliphatic rings. The molecule has 0 bridgehead atoms. The first-order valence-electron chi connectivity index (χ1n) is 6.93. The molecular weight excluding hydrogens is 327 g/mol. The molecule has 0 aliphatic heterocycles. The van der Waals surface area contributed by atoms with E-state index in [1.165, 1.54) is 11.9 Å². The maximum absolute atomic E-state index is 12.5. The number of aromatic nitrogens is 1. The van der Waals surface area contributed by atoms with Crippen LogP contribution in [0.15, 0.2) is 29.6 Å². The fraction of sp³-hybridized carbons (Fsp3) is 0.333. The summed E-state index contributed by atoms with van der Waals surface area (Å²) < 4.78 is 37.6. The summed E-state index contributed by atoms with van der Waals surface area (Å²) in [5, 5.41) is 3.86. The van der Waals surface area contributed by atoms with Crippen LogP contribution in [-0.2, 0) is 17.4 Å². The van der Waals surface area contributed by atoms with Crippen molar-refractivity contribution in [2.75, 3.05) is 23.8 Å². The molecule has 1 amide bonds. The van der Waals surface area contributed by atoms with Gasteiger partial charge in [0.05, 0.1) is 6.54 Å². The highest BCUT2D eigenvalue weighted by molar-refractivity contribution is 7.13. The van der Waals surface area contributed by atoms with E-state index in [0.29, 0.717) is 5.69 Å². The number of thiazole rings is 1. The number of hydrogen-bond donors (Lipinski definition) is 1. The molecule has 1 N–H and O–H groups in total. The molecule has 2 aromatic rings. The van der Waals surface area contributed by atoms with Gasteiger partial charge in [-0.05, 0) is 18.1 Å². The van der Waals surface area contributed by atoms with Crippen LogP contribution in [0.3, 0.4) is 0 Å². The molecule has 2 rings (SSSR count). The summed E-state index contributed by atoms with van der Waals surface area (Å²) in [6.07, 6.45) is -3.70. The largest absolute Gasteiger partial charge is 0.434 e. The van der Waals surface area contributed by atoms with Crippen molar-refractivity contribution in [3.8, 4) is 0 Å². The van der Waals surface area contributed by atoms with Crippen molar-refractivity contribution in [1.29, 1.82) is 0 Å². The third-order valence-corrected chi connectivity index (χ3v) is 4.12. The van der Waals surface area contributed by atoms with Gasteiger partial charge >= 0.3 is 6.18 Å². The molecule has 0 spiro atoms. The van der Waals surface area contributed by atoms with Gasteiger partial charge in [-0.15, -0.1) is 11.3 Å². The van der Waals surface area contributed by atoms with E-state index < -0.39 is 11.9 Å². The molecule has 1 aromatic heterocycles. The normalized spacial score (nSPS) is 11.3. The molecule has 0 radical (unpaired) electrons. The summed E-state index contributed by atoms with van der Waals surface area (Å²) in [5.74, 6) is -0.308. The predicted octanol–water partition coefficient (Wildman–Crippen LogP) is 3.80. The van der Waals surface area contributed by atoms with Gasteiger partial charge in [-0.3, -0.25) is 4.79 Å². The SMILES string of the molecule is CCc1ccccc1NC(=O)CN(C)c1nc(C(F)(F)F)cs1. The van der Waals surface area contributed by atoms with Crippen LogP contribution in [0.1, 0.15) is 18.2 Å². The van der Waals surface area contributed by atoms with Crippen LogP contribution in [-0.4, -0.2) is 24.5 Å². The fourth-order valence-electron chi connectivity index (χ4n) is 1.99. The minimum absolute atomic E-state index is 0.0805. The van der Waals surface area contributed by atoms with Gasteiger partial charge in [-0.2, -0.15) is 13.2 Å². The second-order valence-electron chi connectivity index (χ2n) is 4.93. The van der Waals surface area contributed by atoms with E-state index in [2.05, 4.69) is 10.3 Å². The molecule has 0 fully saturated rings. The molecule has 0 saturated carbocycles. The average Bonchev–Trinajstić information content (AvgIpc) is 2.97. The second-order valence-corrected chi connectivity index (χ2v) is 5.76. The van der Waals surface area contributed by atoms with Gasteiger partial charge in [0.25, 0.3) is 0 Å². The summed E-state index contributed by atoms with van der Waals surface area (Å²) in [5.41, 5.74) is 0.765. The Hall–Kier alpha value is -2.09. The van der Waals surface area contributed by atoms with E-state index in [4.69, 9.17) is 0 Å². The monoisotopic (exact) mass is 343 g/mol. The fourth-order valence-corrected chi connectivity index (χ4v) is 2.79. The van der Waals surface area contributed by atoms with Crippen LogP contribution < -0.4 is 10.2 Å². The van der Waals surface area contributed by atoms with Gasteiger partial charge < -0.3 is 10.2 Å². The molecule has 0 saturated heterocycles. The van der Waals surface area contributed by atoms with E-state index in [9.17, 15) is 18.0 Å². The molecule has 8 heteroatoms. The van der Waals surface area contributed by atoms with Gasteiger partial charge in [-0.25, -0.2) is 4.98 Å². The van der Waals surface area contributed by atoms with Crippen molar-refractivity contribution in [2.45, 2.75) is 19.5 Å². The number of nitrogens with zero attached hydrogens (tertiary/aromatic N) is 2. The number of aryl methyl sites for hydroxylation is 1. The first kappa shape index (κ1) is 17.3. The van der Waals surface area contributed by atoms with E-state index in [-0.39, 0.29) is 17.6 Å². The van der Waals surface area contributed by atoms with E-state index in [1.807, 2.05) is 25.1 Å². The number of halogens is 3. The number of carbonyl (C=O) groups is 1. The van der Waals surface area contributed by atoms with Gasteiger partial charge in [-0.1, -0.05) is 25.1 Å². The molecule has 4 nitrogen and oxygen atoms in total. The van der Waals surface area contributed by atoms with Crippen molar-refractivity contribution in [3.63, 3.8) is 0 Å². The summed E-state index contributed by atoms with van der Waals surface area (Å²) in [7, 11) is 1.53. The van der Waals surface area contributed by atoms with Crippen LogP contribution >= 0.6 is 11.3 Å². The molecule has 1 heterocycles. The zero-order valence-electron chi connectivity index (χ0n) is 12.6. The standard InChI is InChI=1S/C15H16F3N3OS/c1-3-10-6-4-5-7-11(10)19-13(22)8-21(2)14-20-12(9-23-14)15(16,17)18/h4-7,9H,3,8H2,1-2H3,(H,19,22). The first-order valence-corrected chi connectivity index (χ1v) is 7.81. The smallest absolute Gasteiger partial charge is 0.342 e. The summed E-state index contributed by atoms with van der Waals surface area (Å²) in [4.78, 5) is 17.0. The number of likely N-dealkylation sites (N-methyl/N-ethyl adjacent to an activating group) is 1. The van der Waals surface area contributed by atoms with Gasteiger partial charge in [0.2, 0.25) is 5.91 Å². The van der Waals surface area contributed by atoms with Crippen molar-refractivity contribution in [1.82, 2.24) is 4.98 Å². The number of rotatable bonds is 5. The Morgan fingerprint density at radius 3 is 2.65 bits per heavy atom. The molecule has 1 aromatic carbocycles. The van der Waals surface area contributed by atoms with E-state index >= 15 is 0 Å². The third-order valence-electron chi connectivity index (χ3n) is 3.16. The average molecular weight is 343 g/mol. The van der Waals surface area contributed by atoms with Crippen molar-refractivity contribution in [2.24, 2.45) is 0 Å². The lowest BCUT2D eigenvalue weighted by molar-refractivity contribution is -0.140. The highest BCUT2D eigenvalue weighted by Gasteiger charge is 2.34. The summed E-state index contributed by atoms with van der Waals surface area (Å²) >= 11 is 0.855. The summed E-state index contributed by atoms with van der Waals surface area (Å²) in [6, 6.07) is 7.40. The first-order chi connectivity index (χ1) is 10.8. The highest BCUT2D eigenvalue weighted by atomic mass is 32.1. The molecule has 0 atom stereocenters. The molecule has 0 unspecified atom stereocenters. The minimum atomic E-state index is -4.47. The summed E-state index contributed by atoms with van der Waals surface area (Å²) in [6.45, 7) is 1.90. The lowest BCUT2D eigenvalue weighted by Crippen LogP contribution is -2.30. The maximum atomic E-state index is 12.5. The van der Waals surface area contributed by atoms with Crippen molar-refractivity contribution in [3.05, 3.63) is 40.9 Å². The number of carbonyl (C=O) groups excluding carboxylic acids is 1. The van der Waals surface area contributed by atoms with Crippen LogP contribution in [0, 0.1) is 0 Å². The van der Waals surface area contributed by atoms with E-state index in [0.717, 1.165) is 28.7 Å². The zero-order chi connectivity index (χ0) is 17.0. The van der Waals surface area contributed by atoms with Gasteiger partial charge in [0.15, 0.2) is 10.8 Å². The Bertz CT molecular complexity index is 685. The number of amides is 1. The maximum Gasteiger partial charge on any atom is 0.434 e. The number of alkyl halides is 3. The number of nitrogens with one attached hydrogen (secondary N) is 1. The predicted molar refractivity (Wildman–Crippen MR) is 84.8 cm³/mol. The molecule has 23 heavy (non-hydrogen) atoms. The quantitative estimate of drug-likeness (QED) is 0.898. The molecule has 124 valence electrons. The van der Waals surface area contributed by atoms with Crippen LogP contribution in [0.2, 0.25) is 0 Å². The Morgan fingerprint density at radius 1 is 1.35 bits per heavy atom. The van der Waals surface area contributed by atoms with Gasteiger partial charge in [0, 0.05) is 18.1 Å². The third kappa shape index (κ3) is 4.44. The molecular formula is C15H16F3N3OS. The lowest BCUT2D eigenvalue weighted by atomic mass is 10.1. The number of anilines is 2. The van der Waals surface area contributed by atoms with Crippen LogP contribution in [0.4, 0.5) is 24.0 Å². The molecule has 0 aliphatic carbocycles. The topological polar surface area (TPSA) is 45.2 Å². The number of para-hydroxylation sites is 1. The van der Waals surface area contributed by atoms with Crippen LogP contribution in [0.25, 0.3) is 0 Å². The van der Waals surface area contributed by atoms with Crippen molar-refractivity contribution >= 4 is 28.1 Å². The zero-order valence-corrected chi connectivity index (χ0v) is 13.5.